The molecule has 2 aromatic heterocycles. The maximum Gasteiger partial charge on any atom is 0.227 e. The summed E-state index contributed by atoms with van der Waals surface area (Å²) in [5.74, 6) is 1.22. The van der Waals surface area contributed by atoms with Crippen molar-refractivity contribution in [1.29, 1.82) is 0 Å². The number of para-hydroxylation sites is 4. The first-order valence-corrected chi connectivity index (χ1v) is 24.4. The van der Waals surface area contributed by atoms with Crippen LogP contribution in [0, 0.1) is 0 Å². The fourth-order valence-corrected chi connectivity index (χ4v) is 10.4. The van der Waals surface area contributed by atoms with Gasteiger partial charge in [-0.15, -0.1) is 0 Å². The van der Waals surface area contributed by atoms with Crippen molar-refractivity contribution in [1.82, 2.24) is 9.97 Å². The third-order valence-corrected chi connectivity index (χ3v) is 14.2. The van der Waals surface area contributed by atoms with Crippen molar-refractivity contribution in [3.05, 3.63) is 247 Å². The molecule has 0 radical (unpaired) electrons. The maximum absolute atomic E-state index is 6.18. The normalized spacial score (nSPS) is 13.5. The molecule has 0 bridgehead atoms. The molecule has 0 amide bonds. The first-order valence-electron chi connectivity index (χ1n) is 24.4. The lowest BCUT2D eigenvalue weighted by atomic mass is 9.82. The molecule has 0 N–H and O–H groups in total. The van der Waals surface area contributed by atoms with Gasteiger partial charge in [-0.05, 0) is 179 Å². The Bertz CT molecular complexity index is 3760. The van der Waals surface area contributed by atoms with E-state index in [9.17, 15) is 0 Å². The highest BCUT2D eigenvalue weighted by Crippen LogP contribution is 2.53. The van der Waals surface area contributed by atoms with Gasteiger partial charge < -0.3 is 18.6 Å². The first kappa shape index (κ1) is 42.1. The molecule has 71 heavy (non-hydrogen) atoms. The van der Waals surface area contributed by atoms with Crippen molar-refractivity contribution < 1.29 is 8.83 Å². The number of hydrogen-bond acceptors (Lipinski definition) is 6. The lowest BCUT2D eigenvalue weighted by Gasteiger charge is -2.29. The van der Waals surface area contributed by atoms with E-state index in [1.165, 1.54) is 44.5 Å². The van der Waals surface area contributed by atoms with Crippen molar-refractivity contribution in [2.24, 2.45) is 0 Å². The van der Waals surface area contributed by atoms with Crippen LogP contribution in [0.3, 0.4) is 0 Å². The van der Waals surface area contributed by atoms with E-state index >= 15 is 0 Å². The van der Waals surface area contributed by atoms with Gasteiger partial charge in [0.2, 0.25) is 11.8 Å². The highest BCUT2D eigenvalue weighted by molar-refractivity contribution is 5.90. The van der Waals surface area contributed by atoms with Crippen LogP contribution in [-0.4, -0.2) is 9.97 Å². The molecule has 6 heteroatoms. The van der Waals surface area contributed by atoms with Crippen molar-refractivity contribution in [3.8, 4) is 45.2 Å². The van der Waals surface area contributed by atoms with Crippen LogP contribution in [0.25, 0.3) is 72.9 Å². The average Bonchev–Trinajstić information content (AvgIpc) is 4.13. The van der Waals surface area contributed by atoms with E-state index in [0.29, 0.717) is 11.8 Å². The summed E-state index contributed by atoms with van der Waals surface area (Å²) in [6.45, 7) is 4.72. The molecule has 0 aliphatic heterocycles. The van der Waals surface area contributed by atoms with Crippen LogP contribution >= 0.6 is 0 Å². The Kier molecular flexibility index (Phi) is 10.2. The smallest absolute Gasteiger partial charge is 0.227 e. The standard InChI is InChI=1S/C65H48N4O2/c1-65(2)57-41-53(68(49-29-21-45(22-30-49)43-13-5-3-6-14-43)51-33-25-47(26-34-51)63-66-59-17-9-11-19-61(59)70-63)37-39-55(57)56-40-38-54(42-58(56)65)69(50-31-23-46(24-32-50)44-15-7-4-8-16-44)52-35-27-48(28-36-52)64-67-60-18-10-12-20-62(60)71-64/h3,5-7,9-42H,4,8H2,1-2H3. The summed E-state index contributed by atoms with van der Waals surface area (Å²) < 4.78 is 12.4. The van der Waals surface area contributed by atoms with Gasteiger partial charge in [0.1, 0.15) is 11.0 Å². The predicted octanol–water partition coefficient (Wildman–Crippen LogP) is 17.9. The monoisotopic (exact) mass is 916 g/mol. The largest absolute Gasteiger partial charge is 0.436 e. The van der Waals surface area contributed by atoms with Crippen LogP contribution in [0.5, 0.6) is 0 Å². The summed E-state index contributed by atoms with van der Waals surface area (Å²) in [5.41, 5.74) is 21.1. The maximum atomic E-state index is 6.18. The van der Waals surface area contributed by atoms with Gasteiger partial charge in [0, 0.05) is 50.7 Å². The predicted molar refractivity (Wildman–Crippen MR) is 291 cm³/mol. The molecule has 11 aromatic rings. The van der Waals surface area contributed by atoms with Gasteiger partial charge in [0.15, 0.2) is 11.2 Å². The second-order valence-electron chi connectivity index (χ2n) is 18.9. The summed E-state index contributed by atoms with van der Waals surface area (Å²) >= 11 is 0. The Morgan fingerprint density at radius 3 is 1.25 bits per heavy atom. The van der Waals surface area contributed by atoms with Crippen molar-refractivity contribution in [2.45, 2.75) is 32.1 Å². The van der Waals surface area contributed by atoms with Crippen LogP contribution in [-0.2, 0) is 5.41 Å². The summed E-state index contributed by atoms with van der Waals surface area (Å²) in [6, 6.07) is 75.2. The zero-order chi connectivity index (χ0) is 47.5. The van der Waals surface area contributed by atoms with Gasteiger partial charge in [-0.2, -0.15) is 0 Å². The van der Waals surface area contributed by atoms with E-state index in [2.05, 4.69) is 206 Å². The van der Waals surface area contributed by atoms with E-state index in [1.54, 1.807) is 0 Å². The van der Waals surface area contributed by atoms with Gasteiger partial charge in [0.25, 0.3) is 0 Å². The van der Waals surface area contributed by atoms with Crippen molar-refractivity contribution in [2.75, 3.05) is 9.80 Å². The average molecular weight is 917 g/mol. The molecule has 2 aliphatic rings. The SMILES string of the molecule is CC1(C)c2cc(N(c3ccc(C4=CCCC=C4)cc3)c3ccc(-c4nc5ccccc5o4)cc3)ccc2-c2ccc(N(c3ccc(-c4ccccc4)cc3)c3ccc(-c4nc5ccccc5o4)cc3)cc21. The number of anilines is 6. The molecular formula is C65H48N4O2. The highest BCUT2D eigenvalue weighted by atomic mass is 16.4. The fraction of sp³-hybridized carbons (Fsp3) is 0.0769. The number of rotatable bonds is 10. The molecule has 0 unspecified atom stereocenters. The lowest BCUT2D eigenvalue weighted by molar-refractivity contribution is 0.619. The molecule has 2 heterocycles. The molecule has 9 aromatic carbocycles. The summed E-state index contributed by atoms with van der Waals surface area (Å²) in [5, 5.41) is 0. The molecule has 0 atom stereocenters. The molecule has 340 valence electrons. The van der Waals surface area contributed by atoms with Crippen LogP contribution < -0.4 is 9.80 Å². The molecule has 6 nitrogen and oxygen atoms in total. The number of oxazole rings is 2. The summed E-state index contributed by atoms with van der Waals surface area (Å²) in [4.78, 5) is 14.3. The Labute approximate surface area is 413 Å². The van der Waals surface area contributed by atoms with E-state index in [0.717, 1.165) is 80.3 Å². The Morgan fingerprint density at radius 1 is 0.394 bits per heavy atom. The number of nitrogens with zero attached hydrogens (tertiary/aromatic N) is 4. The lowest BCUT2D eigenvalue weighted by Crippen LogP contribution is -2.17. The van der Waals surface area contributed by atoms with E-state index in [-0.39, 0.29) is 5.41 Å². The molecular weight excluding hydrogens is 869 g/mol. The molecule has 2 aliphatic carbocycles. The van der Waals surface area contributed by atoms with E-state index in [4.69, 9.17) is 18.8 Å². The number of benzene rings is 9. The minimum atomic E-state index is -0.317. The van der Waals surface area contributed by atoms with Crippen molar-refractivity contribution in [3.63, 3.8) is 0 Å². The number of fused-ring (bicyclic) bond motifs is 5. The van der Waals surface area contributed by atoms with Crippen LogP contribution in [0.1, 0.15) is 43.4 Å². The second kappa shape index (κ2) is 17.2. The molecule has 0 fully saturated rings. The number of aromatic nitrogens is 2. The van der Waals surface area contributed by atoms with Gasteiger partial charge in [-0.25, -0.2) is 9.97 Å². The molecule has 0 spiro atoms. The Hall–Kier alpha value is -9.00. The van der Waals surface area contributed by atoms with E-state index < -0.39 is 0 Å². The highest BCUT2D eigenvalue weighted by Gasteiger charge is 2.37. The Morgan fingerprint density at radius 2 is 0.803 bits per heavy atom. The minimum Gasteiger partial charge on any atom is -0.436 e. The third-order valence-electron chi connectivity index (χ3n) is 14.2. The summed E-state index contributed by atoms with van der Waals surface area (Å²) in [6.07, 6.45) is 9.00. The fourth-order valence-electron chi connectivity index (χ4n) is 10.4. The van der Waals surface area contributed by atoms with Gasteiger partial charge in [-0.3, -0.25) is 0 Å². The molecule has 0 saturated carbocycles. The Balaban J connectivity index is 0.875. The topological polar surface area (TPSA) is 58.5 Å². The zero-order valence-electron chi connectivity index (χ0n) is 39.5. The van der Waals surface area contributed by atoms with Crippen LogP contribution in [0.4, 0.5) is 34.1 Å². The quantitative estimate of drug-likeness (QED) is 0.136. The van der Waals surface area contributed by atoms with E-state index in [1.807, 2.05) is 48.5 Å². The molecule has 13 rings (SSSR count). The third kappa shape index (κ3) is 7.61. The van der Waals surface area contributed by atoms with Crippen molar-refractivity contribution >= 4 is 61.9 Å². The number of hydrogen-bond donors (Lipinski definition) is 0. The van der Waals surface area contributed by atoms with Crippen LogP contribution in [0.2, 0.25) is 0 Å². The van der Waals surface area contributed by atoms with Gasteiger partial charge in [-0.1, -0.05) is 123 Å². The summed E-state index contributed by atoms with van der Waals surface area (Å²) in [7, 11) is 0. The van der Waals surface area contributed by atoms with Gasteiger partial charge >= 0.3 is 0 Å². The van der Waals surface area contributed by atoms with Crippen LogP contribution in [0.15, 0.2) is 239 Å². The first-order chi connectivity index (χ1) is 34.9. The second-order valence-corrected chi connectivity index (χ2v) is 18.9. The van der Waals surface area contributed by atoms with Gasteiger partial charge in [0.05, 0.1) is 0 Å². The number of allylic oxidation sites excluding steroid dienone is 4. The zero-order valence-corrected chi connectivity index (χ0v) is 39.5. The molecule has 0 saturated heterocycles. The minimum absolute atomic E-state index is 0.317.